The van der Waals surface area contributed by atoms with Crippen molar-refractivity contribution in [3.05, 3.63) is 29.5 Å². The van der Waals surface area contributed by atoms with Gasteiger partial charge in [-0.3, -0.25) is 4.72 Å². The Morgan fingerprint density at radius 1 is 1.29 bits per heavy atom. The third-order valence-electron chi connectivity index (χ3n) is 2.36. The molecule has 2 heterocycles. The van der Waals surface area contributed by atoms with E-state index in [-0.39, 0.29) is 15.6 Å². The number of hydrogen-bond donors (Lipinski definition) is 1. The van der Waals surface area contributed by atoms with Gasteiger partial charge in [0.05, 0.1) is 31.6 Å². The summed E-state index contributed by atoms with van der Waals surface area (Å²) < 4.78 is 36.0. The van der Waals surface area contributed by atoms with E-state index in [2.05, 4.69) is 19.4 Å². The van der Waals surface area contributed by atoms with Crippen molar-refractivity contribution in [2.45, 2.75) is 4.21 Å². The molecule has 2 aromatic rings. The number of thiazole rings is 1. The van der Waals surface area contributed by atoms with Gasteiger partial charge in [0, 0.05) is 6.07 Å². The van der Waals surface area contributed by atoms with Crippen molar-refractivity contribution in [1.82, 2.24) is 9.97 Å². The molecule has 0 aliphatic heterocycles. The van der Waals surface area contributed by atoms with Crippen LogP contribution in [-0.4, -0.2) is 38.6 Å². The van der Waals surface area contributed by atoms with Crippen molar-refractivity contribution in [3.63, 3.8) is 0 Å². The standard InChI is InChI=1S/C11H11N3O5S2/c1-18-8-4-3-7(5-12-8)14-21(16,17)11-9(10(15)19-2)13-6-20-11/h3-6,14H,1-2H3. The molecule has 0 atom stereocenters. The number of nitrogens with one attached hydrogen (secondary N) is 1. The van der Waals surface area contributed by atoms with Gasteiger partial charge in [-0.15, -0.1) is 11.3 Å². The summed E-state index contributed by atoms with van der Waals surface area (Å²) >= 11 is 0.820. The highest BCUT2D eigenvalue weighted by Crippen LogP contribution is 2.24. The largest absolute Gasteiger partial charge is 0.481 e. The molecule has 10 heteroatoms. The first-order valence-corrected chi connectivity index (χ1v) is 7.89. The number of sulfonamides is 1. The molecule has 2 rings (SSSR count). The van der Waals surface area contributed by atoms with Gasteiger partial charge in [0.1, 0.15) is 0 Å². The van der Waals surface area contributed by atoms with Crippen LogP contribution in [0.1, 0.15) is 10.5 Å². The van der Waals surface area contributed by atoms with E-state index in [0.717, 1.165) is 18.4 Å². The van der Waals surface area contributed by atoms with E-state index in [1.807, 2.05) is 0 Å². The third kappa shape index (κ3) is 3.28. The Balaban J connectivity index is 2.30. The molecule has 21 heavy (non-hydrogen) atoms. The Morgan fingerprint density at radius 2 is 2.05 bits per heavy atom. The minimum absolute atomic E-state index is 0.217. The smallest absolute Gasteiger partial charge is 0.358 e. The first kappa shape index (κ1) is 15.2. The molecular weight excluding hydrogens is 318 g/mol. The predicted octanol–water partition coefficient (Wildman–Crippen LogP) is 1.13. The number of hydrogen-bond acceptors (Lipinski definition) is 8. The monoisotopic (exact) mass is 329 g/mol. The Bertz CT molecular complexity index is 739. The van der Waals surface area contributed by atoms with Crippen molar-refractivity contribution in [3.8, 4) is 5.88 Å². The second kappa shape index (κ2) is 6.06. The summed E-state index contributed by atoms with van der Waals surface area (Å²) in [4.78, 5) is 19.1. The van der Waals surface area contributed by atoms with Crippen molar-refractivity contribution in [2.75, 3.05) is 18.9 Å². The Morgan fingerprint density at radius 3 is 2.62 bits per heavy atom. The molecule has 112 valence electrons. The van der Waals surface area contributed by atoms with E-state index in [1.165, 1.54) is 30.9 Å². The molecule has 0 aliphatic rings. The maximum atomic E-state index is 12.3. The molecule has 8 nitrogen and oxygen atoms in total. The lowest BCUT2D eigenvalue weighted by Gasteiger charge is -2.07. The highest BCUT2D eigenvalue weighted by atomic mass is 32.2. The molecule has 0 aromatic carbocycles. The topological polar surface area (TPSA) is 107 Å². The second-order valence-electron chi connectivity index (χ2n) is 3.67. The van der Waals surface area contributed by atoms with E-state index < -0.39 is 16.0 Å². The van der Waals surface area contributed by atoms with E-state index in [4.69, 9.17) is 4.74 Å². The maximum Gasteiger partial charge on any atom is 0.358 e. The molecule has 0 saturated heterocycles. The van der Waals surface area contributed by atoms with Crippen LogP contribution in [0.25, 0.3) is 0 Å². The number of nitrogens with zero attached hydrogens (tertiary/aromatic N) is 2. The van der Waals surface area contributed by atoms with Crippen LogP contribution >= 0.6 is 11.3 Å². The predicted molar refractivity (Wildman–Crippen MR) is 75.1 cm³/mol. The minimum Gasteiger partial charge on any atom is -0.481 e. The zero-order valence-corrected chi connectivity index (χ0v) is 12.7. The number of esters is 1. The number of ether oxygens (including phenoxy) is 2. The van der Waals surface area contributed by atoms with Gasteiger partial charge in [0.15, 0.2) is 9.90 Å². The molecule has 1 N–H and O–H groups in total. The zero-order valence-electron chi connectivity index (χ0n) is 11.1. The summed E-state index contributed by atoms with van der Waals surface area (Å²) in [6, 6.07) is 2.99. The van der Waals surface area contributed by atoms with Crippen LogP contribution in [0, 0.1) is 0 Å². The Kier molecular flexibility index (Phi) is 4.38. The SMILES string of the molecule is COC(=O)c1ncsc1S(=O)(=O)Nc1ccc(OC)nc1. The average Bonchev–Trinajstić information content (AvgIpc) is 2.97. The van der Waals surface area contributed by atoms with E-state index in [9.17, 15) is 13.2 Å². The highest BCUT2D eigenvalue weighted by molar-refractivity contribution is 7.94. The van der Waals surface area contributed by atoms with Crippen LogP contribution in [0.4, 0.5) is 5.69 Å². The lowest BCUT2D eigenvalue weighted by Crippen LogP contribution is -2.16. The second-order valence-corrected chi connectivity index (χ2v) is 6.41. The Hall–Kier alpha value is -2.20. The average molecular weight is 329 g/mol. The molecular formula is C11H11N3O5S2. The summed E-state index contributed by atoms with van der Waals surface area (Å²) in [5.74, 6) is -0.463. The summed E-state index contributed by atoms with van der Waals surface area (Å²) in [6.07, 6.45) is 1.30. The zero-order chi connectivity index (χ0) is 15.5. The number of methoxy groups -OCH3 is 2. The highest BCUT2D eigenvalue weighted by Gasteiger charge is 2.26. The summed E-state index contributed by atoms with van der Waals surface area (Å²) in [5, 5.41) is 0. The van der Waals surface area contributed by atoms with Gasteiger partial charge in [0.2, 0.25) is 5.88 Å². The normalized spacial score (nSPS) is 11.0. The molecule has 0 radical (unpaired) electrons. The number of aromatic nitrogens is 2. The first-order chi connectivity index (χ1) is 9.97. The molecule has 0 amide bonds. The van der Waals surface area contributed by atoms with Crippen LogP contribution in [0.5, 0.6) is 5.88 Å². The molecule has 0 bridgehead atoms. The first-order valence-electron chi connectivity index (χ1n) is 5.52. The van der Waals surface area contributed by atoms with Crippen molar-refractivity contribution in [2.24, 2.45) is 0 Å². The van der Waals surface area contributed by atoms with E-state index >= 15 is 0 Å². The number of carbonyl (C=O) groups excluding carboxylic acids is 1. The summed E-state index contributed by atoms with van der Waals surface area (Å²) in [5.41, 5.74) is 1.24. The van der Waals surface area contributed by atoms with Crippen molar-refractivity contribution in [1.29, 1.82) is 0 Å². The fraction of sp³-hybridized carbons (Fsp3) is 0.182. The van der Waals surface area contributed by atoms with Crippen LogP contribution in [0.15, 0.2) is 28.0 Å². The minimum atomic E-state index is -3.95. The van der Waals surface area contributed by atoms with Gasteiger partial charge in [-0.2, -0.15) is 0 Å². The Labute approximate surface area is 124 Å². The molecule has 0 aliphatic carbocycles. The fourth-order valence-electron chi connectivity index (χ4n) is 1.42. The van der Waals surface area contributed by atoms with Crippen molar-refractivity contribution >= 4 is 33.0 Å². The van der Waals surface area contributed by atoms with Crippen LogP contribution in [0.2, 0.25) is 0 Å². The van der Waals surface area contributed by atoms with Gasteiger partial charge >= 0.3 is 5.97 Å². The lowest BCUT2D eigenvalue weighted by atomic mass is 10.4. The lowest BCUT2D eigenvalue weighted by molar-refractivity contribution is 0.0590. The van der Waals surface area contributed by atoms with Crippen LogP contribution in [0.3, 0.4) is 0 Å². The summed E-state index contributed by atoms with van der Waals surface area (Å²) in [6.45, 7) is 0. The quantitative estimate of drug-likeness (QED) is 0.819. The number of carbonyl (C=O) groups is 1. The molecule has 0 unspecified atom stereocenters. The molecule has 0 fully saturated rings. The molecule has 0 saturated carbocycles. The van der Waals surface area contributed by atoms with Gasteiger partial charge in [-0.25, -0.2) is 23.2 Å². The van der Waals surface area contributed by atoms with Gasteiger partial charge in [0.25, 0.3) is 10.0 Å². The molecule has 2 aromatic heterocycles. The maximum absolute atomic E-state index is 12.3. The van der Waals surface area contributed by atoms with Gasteiger partial charge < -0.3 is 9.47 Å². The fourth-order valence-corrected chi connectivity index (χ4v) is 3.60. The molecule has 0 spiro atoms. The van der Waals surface area contributed by atoms with Gasteiger partial charge in [-0.1, -0.05) is 0 Å². The van der Waals surface area contributed by atoms with Crippen LogP contribution < -0.4 is 9.46 Å². The number of anilines is 1. The van der Waals surface area contributed by atoms with E-state index in [0.29, 0.717) is 5.88 Å². The number of pyridine rings is 1. The van der Waals surface area contributed by atoms with Crippen molar-refractivity contribution < 1.29 is 22.7 Å². The van der Waals surface area contributed by atoms with Crippen LogP contribution in [-0.2, 0) is 14.8 Å². The van der Waals surface area contributed by atoms with Gasteiger partial charge in [-0.05, 0) is 6.07 Å². The van der Waals surface area contributed by atoms with E-state index in [1.54, 1.807) is 0 Å². The third-order valence-corrected chi connectivity index (χ3v) is 5.11. The number of rotatable bonds is 5. The summed E-state index contributed by atoms with van der Waals surface area (Å²) in [7, 11) is -1.35.